The van der Waals surface area contributed by atoms with E-state index < -0.39 is 0 Å². The van der Waals surface area contributed by atoms with Gasteiger partial charge in [-0.05, 0) is 41.8 Å². The number of amides is 1. The van der Waals surface area contributed by atoms with E-state index >= 15 is 0 Å². The minimum absolute atomic E-state index is 0.00436. The third-order valence-electron chi connectivity index (χ3n) is 4.06. The summed E-state index contributed by atoms with van der Waals surface area (Å²) in [6, 6.07) is 17.3. The highest BCUT2D eigenvalue weighted by molar-refractivity contribution is 5.76. The molecule has 3 rings (SSSR count). The Hall–Kier alpha value is -3.21. The van der Waals surface area contributed by atoms with Crippen molar-refractivity contribution >= 4 is 5.91 Å². The fourth-order valence-electron chi connectivity index (χ4n) is 2.64. The average Bonchev–Trinajstić information content (AvgIpc) is 2.72. The number of nitrogens with zero attached hydrogens (tertiary/aromatic N) is 2. The monoisotopic (exact) mass is 347 g/mol. The van der Waals surface area contributed by atoms with Crippen LogP contribution in [0.2, 0.25) is 0 Å². The lowest BCUT2D eigenvalue weighted by Crippen LogP contribution is -2.23. The summed E-state index contributed by atoms with van der Waals surface area (Å²) < 4.78 is 5.31. The first-order chi connectivity index (χ1) is 12.8. The van der Waals surface area contributed by atoms with Crippen LogP contribution in [-0.4, -0.2) is 23.0 Å². The molecule has 0 aliphatic carbocycles. The van der Waals surface area contributed by atoms with Gasteiger partial charge in [-0.2, -0.15) is 0 Å². The molecular formula is C21H21N3O2. The number of rotatable bonds is 7. The van der Waals surface area contributed by atoms with E-state index in [1.54, 1.807) is 19.5 Å². The Kier molecular flexibility index (Phi) is 5.93. The lowest BCUT2D eigenvalue weighted by Gasteiger charge is -2.09. The van der Waals surface area contributed by atoms with Crippen molar-refractivity contribution in [3.05, 3.63) is 78.1 Å². The molecule has 26 heavy (non-hydrogen) atoms. The van der Waals surface area contributed by atoms with Gasteiger partial charge in [0, 0.05) is 25.4 Å². The van der Waals surface area contributed by atoms with E-state index in [1.165, 1.54) is 0 Å². The number of benzene rings is 1. The van der Waals surface area contributed by atoms with E-state index in [2.05, 4.69) is 15.3 Å². The van der Waals surface area contributed by atoms with Gasteiger partial charge < -0.3 is 10.1 Å². The Morgan fingerprint density at radius 3 is 2.54 bits per heavy atom. The first-order valence-corrected chi connectivity index (χ1v) is 8.51. The fourth-order valence-corrected chi connectivity index (χ4v) is 2.64. The molecule has 0 aliphatic heterocycles. The number of hydrogen-bond donors (Lipinski definition) is 1. The van der Waals surface area contributed by atoms with Crippen LogP contribution in [-0.2, 0) is 17.8 Å². The van der Waals surface area contributed by atoms with Crippen molar-refractivity contribution in [3.63, 3.8) is 0 Å². The Balaban J connectivity index is 1.50. The molecule has 2 heterocycles. The van der Waals surface area contributed by atoms with E-state index in [1.807, 2.05) is 54.6 Å². The van der Waals surface area contributed by atoms with Crippen LogP contribution in [0.1, 0.15) is 17.5 Å². The molecule has 0 spiro atoms. The van der Waals surface area contributed by atoms with Crippen LogP contribution in [0, 0.1) is 0 Å². The number of pyridine rings is 2. The lowest BCUT2D eigenvalue weighted by molar-refractivity contribution is -0.121. The summed E-state index contributed by atoms with van der Waals surface area (Å²) in [5.41, 5.74) is 3.64. The van der Waals surface area contributed by atoms with Gasteiger partial charge in [-0.3, -0.25) is 14.8 Å². The molecule has 2 aromatic heterocycles. The summed E-state index contributed by atoms with van der Waals surface area (Å²) in [5, 5.41) is 2.93. The maximum Gasteiger partial charge on any atom is 0.220 e. The van der Waals surface area contributed by atoms with Crippen LogP contribution < -0.4 is 10.1 Å². The average molecular weight is 347 g/mol. The number of aromatic nitrogens is 2. The minimum atomic E-state index is 0.00436. The van der Waals surface area contributed by atoms with Crippen LogP contribution in [0.3, 0.4) is 0 Å². The predicted molar refractivity (Wildman–Crippen MR) is 101 cm³/mol. The van der Waals surface area contributed by atoms with Gasteiger partial charge in [0.05, 0.1) is 18.5 Å². The third kappa shape index (κ3) is 4.66. The van der Waals surface area contributed by atoms with Crippen molar-refractivity contribution in [3.8, 4) is 17.1 Å². The van der Waals surface area contributed by atoms with Crippen molar-refractivity contribution in [1.29, 1.82) is 0 Å². The Labute approximate surface area is 153 Å². The van der Waals surface area contributed by atoms with E-state index in [4.69, 9.17) is 4.74 Å². The van der Waals surface area contributed by atoms with E-state index in [9.17, 15) is 4.79 Å². The van der Waals surface area contributed by atoms with Gasteiger partial charge in [-0.25, -0.2) is 0 Å². The maximum absolute atomic E-state index is 12.1. The first-order valence-electron chi connectivity index (χ1n) is 8.51. The van der Waals surface area contributed by atoms with Crippen LogP contribution in [0.25, 0.3) is 11.4 Å². The highest BCUT2D eigenvalue weighted by atomic mass is 16.5. The fraction of sp³-hybridized carbons (Fsp3) is 0.190. The van der Waals surface area contributed by atoms with Crippen molar-refractivity contribution in [1.82, 2.24) is 15.3 Å². The molecule has 0 bridgehead atoms. The Morgan fingerprint density at radius 1 is 1.00 bits per heavy atom. The zero-order valence-corrected chi connectivity index (χ0v) is 14.7. The molecule has 0 aliphatic rings. The number of ether oxygens (including phenoxy) is 1. The van der Waals surface area contributed by atoms with E-state index in [-0.39, 0.29) is 5.91 Å². The second-order valence-electron chi connectivity index (χ2n) is 5.86. The lowest BCUT2D eigenvalue weighted by atomic mass is 10.1. The summed E-state index contributed by atoms with van der Waals surface area (Å²) in [7, 11) is 1.64. The summed E-state index contributed by atoms with van der Waals surface area (Å²) in [6.07, 6.45) is 4.57. The van der Waals surface area contributed by atoms with Crippen LogP contribution in [0.15, 0.2) is 67.0 Å². The summed E-state index contributed by atoms with van der Waals surface area (Å²) >= 11 is 0. The first kappa shape index (κ1) is 17.6. The van der Waals surface area contributed by atoms with Crippen LogP contribution in [0.5, 0.6) is 5.75 Å². The molecule has 3 aromatic rings. The normalized spacial score (nSPS) is 10.3. The largest absolute Gasteiger partial charge is 0.496 e. The minimum Gasteiger partial charge on any atom is -0.496 e. The number of nitrogens with one attached hydrogen (secondary N) is 1. The topological polar surface area (TPSA) is 64.1 Å². The van der Waals surface area contributed by atoms with Crippen molar-refractivity contribution < 1.29 is 9.53 Å². The standard InChI is InChI=1S/C21H21N3O2/c1-26-20-8-3-2-6-17(20)10-12-21(25)24-15-16-9-11-19(23-14-16)18-7-4-5-13-22-18/h2-9,11,13-14H,10,12,15H2,1H3,(H,24,25). The SMILES string of the molecule is COc1ccccc1CCC(=O)NCc1ccc(-c2ccccn2)nc1. The summed E-state index contributed by atoms with van der Waals surface area (Å²) in [4.78, 5) is 20.8. The molecule has 1 amide bonds. The number of carbonyl (C=O) groups excluding carboxylic acids is 1. The van der Waals surface area contributed by atoms with Gasteiger partial charge in [0.15, 0.2) is 0 Å². The zero-order chi connectivity index (χ0) is 18.2. The molecule has 1 N–H and O–H groups in total. The van der Waals surface area contributed by atoms with E-state index in [0.717, 1.165) is 28.3 Å². The molecule has 0 saturated heterocycles. The molecule has 5 nitrogen and oxygen atoms in total. The maximum atomic E-state index is 12.1. The molecule has 0 saturated carbocycles. The number of hydrogen-bond acceptors (Lipinski definition) is 4. The van der Waals surface area contributed by atoms with Gasteiger partial charge >= 0.3 is 0 Å². The highest BCUT2D eigenvalue weighted by Gasteiger charge is 2.07. The van der Waals surface area contributed by atoms with Crippen LogP contribution >= 0.6 is 0 Å². The van der Waals surface area contributed by atoms with Crippen molar-refractivity contribution in [2.75, 3.05) is 7.11 Å². The van der Waals surface area contributed by atoms with Gasteiger partial charge in [0.2, 0.25) is 5.91 Å². The zero-order valence-electron chi connectivity index (χ0n) is 14.7. The number of carbonyl (C=O) groups is 1. The molecule has 0 fully saturated rings. The Bertz CT molecular complexity index is 849. The molecule has 1 aromatic carbocycles. The molecule has 5 heteroatoms. The van der Waals surface area contributed by atoms with Gasteiger partial charge in [0.25, 0.3) is 0 Å². The smallest absolute Gasteiger partial charge is 0.220 e. The summed E-state index contributed by atoms with van der Waals surface area (Å²) in [5.74, 6) is 0.819. The molecule has 0 unspecified atom stereocenters. The summed E-state index contributed by atoms with van der Waals surface area (Å²) in [6.45, 7) is 0.459. The molecular weight excluding hydrogens is 326 g/mol. The van der Waals surface area contributed by atoms with E-state index in [0.29, 0.717) is 19.4 Å². The number of methoxy groups -OCH3 is 1. The third-order valence-corrected chi connectivity index (χ3v) is 4.06. The van der Waals surface area contributed by atoms with Gasteiger partial charge in [0.1, 0.15) is 5.75 Å². The number of aryl methyl sites for hydroxylation is 1. The second kappa shape index (κ2) is 8.76. The Morgan fingerprint density at radius 2 is 1.81 bits per heavy atom. The van der Waals surface area contributed by atoms with Gasteiger partial charge in [-0.1, -0.05) is 30.3 Å². The van der Waals surface area contributed by atoms with Crippen LogP contribution in [0.4, 0.5) is 0 Å². The second-order valence-corrected chi connectivity index (χ2v) is 5.86. The van der Waals surface area contributed by atoms with Crippen molar-refractivity contribution in [2.45, 2.75) is 19.4 Å². The number of para-hydroxylation sites is 1. The quantitative estimate of drug-likeness (QED) is 0.711. The molecule has 132 valence electrons. The molecule has 0 atom stereocenters. The highest BCUT2D eigenvalue weighted by Crippen LogP contribution is 2.18. The predicted octanol–water partition coefficient (Wildman–Crippen LogP) is 3.40. The molecule has 0 radical (unpaired) electrons. The van der Waals surface area contributed by atoms with Crippen molar-refractivity contribution in [2.24, 2.45) is 0 Å². The van der Waals surface area contributed by atoms with Gasteiger partial charge in [-0.15, -0.1) is 0 Å².